The van der Waals surface area contributed by atoms with Crippen molar-refractivity contribution in [3.63, 3.8) is 0 Å². The number of halogens is 2. The lowest BCUT2D eigenvalue weighted by atomic mass is 10.2. The number of sulfonamides is 1. The maximum Gasteiger partial charge on any atom is 0.245 e. The first-order chi connectivity index (χ1) is 9.77. The summed E-state index contributed by atoms with van der Waals surface area (Å²) in [5, 5.41) is 2.09. The van der Waals surface area contributed by atoms with E-state index in [1.807, 2.05) is 0 Å². The smallest absolute Gasteiger partial charge is 0.245 e. The van der Waals surface area contributed by atoms with E-state index in [1.165, 1.54) is 12.1 Å². The van der Waals surface area contributed by atoms with Crippen LogP contribution in [0.5, 0.6) is 0 Å². The summed E-state index contributed by atoms with van der Waals surface area (Å²) in [6, 6.07) is 2.34. The molecule has 1 heterocycles. The van der Waals surface area contributed by atoms with Crippen LogP contribution in [-0.4, -0.2) is 37.1 Å². The molecule has 0 saturated carbocycles. The number of amides is 2. The Balaban J connectivity index is 2.47. The number of rotatable bonds is 3. The van der Waals surface area contributed by atoms with Crippen LogP contribution < -0.4 is 5.32 Å². The van der Waals surface area contributed by atoms with Gasteiger partial charge in [0.15, 0.2) is 0 Å². The third-order valence-electron chi connectivity index (χ3n) is 3.10. The molecular formula is C12H12BrFN2O4S. The fraction of sp³-hybridized carbons (Fsp3) is 0.333. The van der Waals surface area contributed by atoms with Gasteiger partial charge in [-0.2, -0.15) is 4.31 Å². The first kappa shape index (κ1) is 16.1. The number of carbonyl (C=O) groups is 2. The first-order valence-electron chi connectivity index (χ1n) is 6.08. The predicted molar refractivity (Wildman–Crippen MR) is 75.2 cm³/mol. The molecule has 1 fully saturated rings. The van der Waals surface area contributed by atoms with Crippen molar-refractivity contribution in [2.75, 3.05) is 6.54 Å². The molecule has 114 valence electrons. The molecule has 9 heteroatoms. The summed E-state index contributed by atoms with van der Waals surface area (Å²) in [6.07, 6.45) is 0.206. The van der Waals surface area contributed by atoms with E-state index in [-0.39, 0.29) is 15.8 Å². The lowest BCUT2D eigenvalue weighted by Crippen LogP contribution is -2.59. The van der Waals surface area contributed by atoms with Gasteiger partial charge in [-0.15, -0.1) is 0 Å². The minimum absolute atomic E-state index is 0.126. The molecule has 1 saturated heterocycles. The van der Waals surface area contributed by atoms with E-state index in [0.717, 1.165) is 10.4 Å². The summed E-state index contributed by atoms with van der Waals surface area (Å²) in [7, 11) is -4.14. The number of nitrogens with zero attached hydrogens (tertiary/aromatic N) is 1. The maximum absolute atomic E-state index is 13.5. The fourth-order valence-corrected chi connectivity index (χ4v) is 3.93. The molecule has 0 spiro atoms. The van der Waals surface area contributed by atoms with E-state index in [4.69, 9.17) is 0 Å². The Morgan fingerprint density at radius 2 is 2.10 bits per heavy atom. The van der Waals surface area contributed by atoms with Crippen molar-refractivity contribution in [2.45, 2.75) is 24.3 Å². The van der Waals surface area contributed by atoms with Gasteiger partial charge in [0.2, 0.25) is 21.8 Å². The Bertz CT molecular complexity index is 707. The molecule has 1 unspecified atom stereocenters. The highest BCUT2D eigenvalue weighted by molar-refractivity contribution is 9.10. The molecule has 0 bridgehead atoms. The van der Waals surface area contributed by atoms with Crippen LogP contribution in [0.3, 0.4) is 0 Å². The summed E-state index contributed by atoms with van der Waals surface area (Å²) in [4.78, 5) is 22.8. The van der Waals surface area contributed by atoms with Gasteiger partial charge in [0.05, 0.1) is 15.9 Å². The van der Waals surface area contributed by atoms with Gasteiger partial charge in [-0.05, 0) is 40.5 Å². The number of hydrogen-bond donors (Lipinski definition) is 1. The molecule has 6 nitrogen and oxygen atoms in total. The molecule has 1 aliphatic rings. The molecule has 2 amide bonds. The van der Waals surface area contributed by atoms with Crippen molar-refractivity contribution < 1.29 is 22.4 Å². The molecule has 1 aromatic carbocycles. The minimum atomic E-state index is -4.14. The standard InChI is InChI=1S/C12H12BrFN2O4S/c1-2-10-12(18)15-11(17)6-16(10)21(19,20)7-3-4-8(13)9(14)5-7/h3-5,10H,2,6H2,1H3,(H,15,17,18). The van der Waals surface area contributed by atoms with Crippen molar-refractivity contribution in [1.29, 1.82) is 0 Å². The molecular weight excluding hydrogens is 367 g/mol. The van der Waals surface area contributed by atoms with E-state index < -0.39 is 40.2 Å². The Morgan fingerprint density at radius 1 is 1.43 bits per heavy atom. The van der Waals surface area contributed by atoms with Crippen LogP contribution in [0.15, 0.2) is 27.6 Å². The highest BCUT2D eigenvalue weighted by Gasteiger charge is 2.40. The van der Waals surface area contributed by atoms with Gasteiger partial charge >= 0.3 is 0 Å². The number of hydrogen-bond acceptors (Lipinski definition) is 4. The summed E-state index contributed by atoms with van der Waals surface area (Å²) in [6.45, 7) is 1.16. The second-order valence-corrected chi connectivity index (χ2v) is 7.21. The van der Waals surface area contributed by atoms with Gasteiger partial charge in [-0.1, -0.05) is 6.92 Å². The van der Waals surface area contributed by atoms with E-state index in [9.17, 15) is 22.4 Å². The normalized spacial score (nSPS) is 20.4. The average Bonchev–Trinajstić information content (AvgIpc) is 2.41. The van der Waals surface area contributed by atoms with E-state index in [2.05, 4.69) is 21.2 Å². The molecule has 0 radical (unpaired) electrons. The summed E-state index contributed by atoms with van der Waals surface area (Å²) >= 11 is 2.94. The van der Waals surface area contributed by atoms with E-state index >= 15 is 0 Å². The second-order valence-electron chi connectivity index (χ2n) is 4.46. The zero-order chi connectivity index (χ0) is 15.8. The van der Waals surface area contributed by atoms with Crippen LogP contribution >= 0.6 is 15.9 Å². The van der Waals surface area contributed by atoms with Crippen molar-refractivity contribution in [3.8, 4) is 0 Å². The zero-order valence-electron chi connectivity index (χ0n) is 11.0. The quantitative estimate of drug-likeness (QED) is 0.795. The first-order valence-corrected chi connectivity index (χ1v) is 8.31. The molecule has 0 aromatic heterocycles. The third kappa shape index (κ3) is 2.99. The molecule has 0 aliphatic carbocycles. The number of nitrogens with one attached hydrogen (secondary N) is 1. The van der Waals surface area contributed by atoms with Crippen LogP contribution in [0, 0.1) is 5.82 Å². The molecule has 2 rings (SSSR count). The molecule has 1 atom stereocenters. The number of piperazine rings is 1. The van der Waals surface area contributed by atoms with Crippen LogP contribution in [0.1, 0.15) is 13.3 Å². The fourth-order valence-electron chi connectivity index (χ4n) is 2.06. The predicted octanol–water partition coefficient (Wildman–Crippen LogP) is 1.01. The molecule has 1 N–H and O–H groups in total. The van der Waals surface area contributed by atoms with Gasteiger partial charge in [-0.25, -0.2) is 12.8 Å². The zero-order valence-corrected chi connectivity index (χ0v) is 13.4. The van der Waals surface area contributed by atoms with Gasteiger partial charge in [0, 0.05) is 0 Å². The Morgan fingerprint density at radius 3 is 2.67 bits per heavy atom. The lowest BCUT2D eigenvalue weighted by Gasteiger charge is -2.32. The second kappa shape index (κ2) is 5.82. The minimum Gasteiger partial charge on any atom is -0.294 e. The Kier molecular flexibility index (Phi) is 4.45. The van der Waals surface area contributed by atoms with E-state index in [0.29, 0.717) is 0 Å². The Hall–Kier alpha value is -1.32. The van der Waals surface area contributed by atoms with E-state index in [1.54, 1.807) is 6.92 Å². The Labute approximate surface area is 129 Å². The SMILES string of the molecule is CCC1C(=O)NC(=O)CN1S(=O)(=O)c1ccc(Br)c(F)c1. The number of imide groups is 1. The van der Waals surface area contributed by atoms with Crippen molar-refractivity contribution in [3.05, 3.63) is 28.5 Å². The summed E-state index contributed by atoms with van der Waals surface area (Å²) in [5.74, 6) is -2.11. The van der Waals surface area contributed by atoms with Crippen LogP contribution in [-0.2, 0) is 19.6 Å². The lowest BCUT2D eigenvalue weighted by molar-refractivity contribution is -0.137. The van der Waals surface area contributed by atoms with Crippen LogP contribution in [0.25, 0.3) is 0 Å². The molecule has 1 aromatic rings. The third-order valence-corrected chi connectivity index (χ3v) is 5.59. The van der Waals surface area contributed by atoms with Gasteiger partial charge < -0.3 is 0 Å². The van der Waals surface area contributed by atoms with Crippen molar-refractivity contribution in [2.24, 2.45) is 0 Å². The monoisotopic (exact) mass is 378 g/mol. The largest absolute Gasteiger partial charge is 0.294 e. The van der Waals surface area contributed by atoms with Crippen molar-refractivity contribution >= 4 is 37.8 Å². The van der Waals surface area contributed by atoms with Gasteiger partial charge in [-0.3, -0.25) is 14.9 Å². The summed E-state index contributed by atoms with van der Waals surface area (Å²) in [5.41, 5.74) is 0. The highest BCUT2D eigenvalue weighted by atomic mass is 79.9. The maximum atomic E-state index is 13.5. The van der Waals surface area contributed by atoms with Gasteiger partial charge in [0.25, 0.3) is 0 Å². The van der Waals surface area contributed by atoms with Gasteiger partial charge in [0.1, 0.15) is 11.9 Å². The van der Waals surface area contributed by atoms with Crippen LogP contribution in [0.2, 0.25) is 0 Å². The summed E-state index contributed by atoms with van der Waals surface area (Å²) < 4.78 is 39.5. The molecule has 1 aliphatic heterocycles. The molecule has 21 heavy (non-hydrogen) atoms. The van der Waals surface area contributed by atoms with Crippen LogP contribution in [0.4, 0.5) is 4.39 Å². The topological polar surface area (TPSA) is 83.6 Å². The number of carbonyl (C=O) groups excluding carboxylic acids is 2. The highest BCUT2D eigenvalue weighted by Crippen LogP contribution is 2.25. The van der Waals surface area contributed by atoms with Crippen molar-refractivity contribution in [1.82, 2.24) is 9.62 Å². The average molecular weight is 379 g/mol. The number of benzene rings is 1.